The summed E-state index contributed by atoms with van der Waals surface area (Å²) in [6.07, 6.45) is 9.70. The standard InChI is InChI=1S/C27H27N3O4/c1-2-3-4-16-34-22-9-7-20(8-10-22)25(31)23-24(21-6-5-13-29-17-21)30(27(33)26(23)32)18-19-11-14-28-15-12-19/h5-15,17,24,31H,2-4,16,18H2,1H3/b25-23-. The van der Waals surface area contributed by atoms with Crippen LogP contribution in [0.25, 0.3) is 5.76 Å². The molecular weight excluding hydrogens is 430 g/mol. The Morgan fingerprint density at radius 2 is 1.76 bits per heavy atom. The van der Waals surface area contributed by atoms with Gasteiger partial charge in [0.25, 0.3) is 11.7 Å². The molecule has 174 valence electrons. The molecule has 0 bridgehead atoms. The third-order valence-corrected chi connectivity index (χ3v) is 5.79. The van der Waals surface area contributed by atoms with Gasteiger partial charge in [0.2, 0.25) is 0 Å². The summed E-state index contributed by atoms with van der Waals surface area (Å²) in [5.74, 6) is -0.917. The number of rotatable bonds is 9. The summed E-state index contributed by atoms with van der Waals surface area (Å²) in [5.41, 5.74) is 1.96. The zero-order chi connectivity index (χ0) is 23.9. The predicted octanol–water partition coefficient (Wildman–Crippen LogP) is 4.67. The van der Waals surface area contributed by atoms with Crippen LogP contribution < -0.4 is 4.74 Å². The van der Waals surface area contributed by atoms with E-state index in [1.807, 2.05) is 0 Å². The number of pyridine rings is 2. The number of hydrogen-bond donors (Lipinski definition) is 1. The van der Waals surface area contributed by atoms with E-state index < -0.39 is 17.7 Å². The molecule has 7 heteroatoms. The first-order valence-corrected chi connectivity index (χ1v) is 11.4. The van der Waals surface area contributed by atoms with Crippen molar-refractivity contribution < 1.29 is 19.4 Å². The summed E-state index contributed by atoms with van der Waals surface area (Å²) in [5, 5.41) is 11.2. The number of aliphatic hydroxyl groups is 1. The van der Waals surface area contributed by atoms with Crippen LogP contribution >= 0.6 is 0 Å². The fourth-order valence-electron chi connectivity index (χ4n) is 4.02. The van der Waals surface area contributed by atoms with Crippen molar-refractivity contribution in [3.05, 3.63) is 95.6 Å². The van der Waals surface area contributed by atoms with Crippen LogP contribution in [0.15, 0.2) is 78.9 Å². The van der Waals surface area contributed by atoms with Crippen molar-refractivity contribution >= 4 is 17.4 Å². The molecule has 1 unspecified atom stereocenters. The molecule has 0 aliphatic carbocycles. The molecule has 2 aromatic heterocycles. The SMILES string of the molecule is CCCCCOc1ccc(/C(O)=C2/C(=O)C(=O)N(Cc3ccncc3)C2c2cccnc2)cc1. The molecule has 0 saturated carbocycles. The molecule has 1 amide bonds. The van der Waals surface area contributed by atoms with Gasteiger partial charge in [-0.05, 0) is 60.0 Å². The van der Waals surface area contributed by atoms with E-state index in [9.17, 15) is 14.7 Å². The first kappa shape index (κ1) is 23.2. The molecule has 0 radical (unpaired) electrons. The van der Waals surface area contributed by atoms with Gasteiger partial charge in [0.05, 0.1) is 18.2 Å². The molecule has 1 aliphatic rings. The number of amides is 1. The highest BCUT2D eigenvalue weighted by Crippen LogP contribution is 2.40. The van der Waals surface area contributed by atoms with Crippen LogP contribution in [0.3, 0.4) is 0 Å². The number of nitrogens with zero attached hydrogens (tertiary/aromatic N) is 3. The number of aromatic nitrogens is 2. The summed E-state index contributed by atoms with van der Waals surface area (Å²) >= 11 is 0. The Hall–Kier alpha value is -4.00. The number of ketones is 1. The van der Waals surface area contributed by atoms with Gasteiger partial charge in [0, 0.05) is 36.9 Å². The number of hydrogen-bond acceptors (Lipinski definition) is 6. The van der Waals surface area contributed by atoms with Gasteiger partial charge in [0.1, 0.15) is 11.5 Å². The van der Waals surface area contributed by atoms with Crippen molar-refractivity contribution in [2.75, 3.05) is 6.61 Å². The van der Waals surface area contributed by atoms with Crippen LogP contribution in [0.4, 0.5) is 0 Å². The summed E-state index contributed by atoms with van der Waals surface area (Å²) in [6, 6.07) is 13.3. The number of ether oxygens (including phenoxy) is 1. The van der Waals surface area contributed by atoms with Gasteiger partial charge in [-0.3, -0.25) is 19.6 Å². The first-order valence-electron chi connectivity index (χ1n) is 11.4. The maximum absolute atomic E-state index is 13.1. The Morgan fingerprint density at radius 1 is 1.00 bits per heavy atom. The van der Waals surface area contributed by atoms with Crippen molar-refractivity contribution in [3.63, 3.8) is 0 Å². The van der Waals surface area contributed by atoms with Gasteiger partial charge in [-0.25, -0.2) is 0 Å². The molecule has 0 spiro atoms. The topological polar surface area (TPSA) is 92.6 Å². The minimum atomic E-state index is -0.758. The lowest BCUT2D eigenvalue weighted by atomic mass is 9.96. The lowest BCUT2D eigenvalue weighted by Crippen LogP contribution is -2.29. The normalized spacial score (nSPS) is 17.2. The van der Waals surface area contributed by atoms with E-state index in [-0.39, 0.29) is 17.9 Å². The van der Waals surface area contributed by atoms with Crippen LogP contribution in [0.2, 0.25) is 0 Å². The number of benzene rings is 1. The van der Waals surface area contributed by atoms with Crippen LogP contribution in [0, 0.1) is 0 Å². The minimum Gasteiger partial charge on any atom is -0.507 e. The third kappa shape index (κ3) is 4.98. The second kappa shape index (κ2) is 10.7. The molecule has 1 atom stereocenters. The molecule has 1 fully saturated rings. The van der Waals surface area contributed by atoms with Crippen molar-refractivity contribution in [2.24, 2.45) is 0 Å². The van der Waals surface area contributed by atoms with Gasteiger partial charge in [-0.2, -0.15) is 0 Å². The van der Waals surface area contributed by atoms with Gasteiger partial charge in [-0.15, -0.1) is 0 Å². The van der Waals surface area contributed by atoms with E-state index in [1.54, 1.807) is 73.3 Å². The lowest BCUT2D eigenvalue weighted by Gasteiger charge is -2.25. The highest BCUT2D eigenvalue weighted by Gasteiger charge is 2.46. The molecule has 34 heavy (non-hydrogen) atoms. The minimum absolute atomic E-state index is 0.0451. The first-order chi connectivity index (χ1) is 16.6. The fourth-order valence-corrected chi connectivity index (χ4v) is 4.02. The monoisotopic (exact) mass is 457 g/mol. The van der Waals surface area contributed by atoms with Gasteiger partial charge in [0.15, 0.2) is 0 Å². The summed E-state index contributed by atoms with van der Waals surface area (Å²) in [4.78, 5) is 35.8. The molecule has 7 nitrogen and oxygen atoms in total. The van der Waals surface area contributed by atoms with Crippen molar-refractivity contribution in [2.45, 2.75) is 38.8 Å². The van der Waals surface area contributed by atoms with E-state index >= 15 is 0 Å². The highest BCUT2D eigenvalue weighted by molar-refractivity contribution is 6.46. The van der Waals surface area contributed by atoms with Crippen LogP contribution in [0.1, 0.15) is 48.9 Å². The second-order valence-electron chi connectivity index (χ2n) is 8.15. The average molecular weight is 458 g/mol. The highest BCUT2D eigenvalue weighted by atomic mass is 16.5. The number of carbonyl (C=O) groups is 2. The van der Waals surface area contributed by atoms with Crippen molar-refractivity contribution in [3.8, 4) is 5.75 Å². The van der Waals surface area contributed by atoms with Gasteiger partial charge < -0.3 is 14.7 Å². The molecular formula is C27H27N3O4. The Bertz CT molecular complexity index is 1160. The molecule has 1 saturated heterocycles. The van der Waals surface area contributed by atoms with E-state index in [1.165, 1.54) is 4.90 Å². The van der Waals surface area contributed by atoms with Crippen molar-refractivity contribution in [1.82, 2.24) is 14.9 Å². The molecule has 1 aliphatic heterocycles. The van der Waals surface area contributed by atoms with Crippen LogP contribution in [-0.4, -0.2) is 38.3 Å². The average Bonchev–Trinajstić information content (AvgIpc) is 3.12. The maximum atomic E-state index is 13.1. The summed E-state index contributed by atoms with van der Waals surface area (Å²) < 4.78 is 5.74. The Morgan fingerprint density at radius 3 is 2.44 bits per heavy atom. The zero-order valence-electron chi connectivity index (χ0n) is 19.1. The predicted molar refractivity (Wildman–Crippen MR) is 128 cm³/mol. The maximum Gasteiger partial charge on any atom is 0.295 e. The molecule has 3 heterocycles. The number of likely N-dealkylation sites (tertiary alicyclic amines) is 1. The van der Waals surface area contributed by atoms with Gasteiger partial charge >= 0.3 is 0 Å². The Kier molecular flexibility index (Phi) is 7.32. The molecule has 3 aromatic rings. The summed E-state index contributed by atoms with van der Waals surface area (Å²) in [7, 11) is 0. The van der Waals surface area contributed by atoms with E-state index in [0.29, 0.717) is 23.5 Å². The second-order valence-corrected chi connectivity index (χ2v) is 8.15. The molecule has 1 N–H and O–H groups in total. The summed E-state index contributed by atoms with van der Waals surface area (Å²) in [6.45, 7) is 2.96. The largest absolute Gasteiger partial charge is 0.507 e. The Labute approximate surface area is 198 Å². The quantitative estimate of drug-likeness (QED) is 0.217. The smallest absolute Gasteiger partial charge is 0.295 e. The third-order valence-electron chi connectivity index (χ3n) is 5.79. The van der Waals surface area contributed by atoms with E-state index in [0.717, 1.165) is 24.8 Å². The van der Waals surface area contributed by atoms with Gasteiger partial charge in [-0.1, -0.05) is 25.8 Å². The number of carbonyl (C=O) groups excluding carboxylic acids is 2. The van der Waals surface area contributed by atoms with E-state index in [4.69, 9.17) is 4.74 Å². The Balaban J connectivity index is 1.68. The van der Waals surface area contributed by atoms with Crippen LogP contribution in [0.5, 0.6) is 5.75 Å². The number of unbranched alkanes of at least 4 members (excludes halogenated alkanes) is 2. The molecule has 1 aromatic carbocycles. The number of Topliss-reactive ketones (excluding diaryl/α,β-unsaturated/α-hetero) is 1. The fraction of sp³-hybridized carbons (Fsp3) is 0.259. The number of aliphatic hydroxyl groups excluding tert-OH is 1. The van der Waals surface area contributed by atoms with Crippen LogP contribution in [-0.2, 0) is 16.1 Å². The molecule has 4 rings (SSSR count). The zero-order valence-corrected chi connectivity index (χ0v) is 19.1. The van der Waals surface area contributed by atoms with Crippen molar-refractivity contribution in [1.29, 1.82) is 0 Å². The lowest BCUT2D eigenvalue weighted by molar-refractivity contribution is -0.140. The van der Waals surface area contributed by atoms with E-state index in [2.05, 4.69) is 16.9 Å².